The molecule has 1 saturated carbocycles. The molecule has 25 heavy (non-hydrogen) atoms. The monoisotopic (exact) mass is 337 g/mol. The van der Waals surface area contributed by atoms with E-state index in [9.17, 15) is 10.4 Å². The fourth-order valence-electron chi connectivity index (χ4n) is 3.56. The number of para-hydroxylation sites is 1. The summed E-state index contributed by atoms with van der Waals surface area (Å²) in [5, 5.41) is 23.0. The van der Waals surface area contributed by atoms with Crippen molar-refractivity contribution < 1.29 is 5.11 Å². The predicted octanol–water partition coefficient (Wildman–Crippen LogP) is 2.94. The summed E-state index contributed by atoms with van der Waals surface area (Å²) < 4.78 is 0. The summed E-state index contributed by atoms with van der Waals surface area (Å²) in [7, 11) is 1.97. The largest absolute Gasteiger partial charge is 0.507 e. The Morgan fingerprint density at radius 1 is 1.24 bits per heavy atom. The van der Waals surface area contributed by atoms with Gasteiger partial charge in [-0.1, -0.05) is 25.0 Å². The normalized spacial score (nSPS) is 20.6. The zero-order chi connectivity index (χ0) is 17.8. The molecule has 4 N–H and O–H groups in total. The molecule has 1 heterocycles. The number of nitrogen functional groups attached to an aromatic ring is 1. The predicted molar refractivity (Wildman–Crippen MR) is 96.9 cm³/mol. The maximum atomic E-state index is 10.1. The van der Waals surface area contributed by atoms with Gasteiger partial charge in [0.2, 0.25) is 0 Å². The lowest BCUT2D eigenvalue weighted by atomic mass is 9.91. The molecule has 1 aromatic heterocycles. The van der Waals surface area contributed by atoms with Gasteiger partial charge in [-0.2, -0.15) is 5.26 Å². The van der Waals surface area contributed by atoms with Gasteiger partial charge < -0.3 is 16.2 Å². The van der Waals surface area contributed by atoms with Crippen molar-refractivity contribution in [1.82, 2.24) is 15.3 Å². The smallest absolute Gasteiger partial charge is 0.165 e. The van der Waals surface area contributed by atoms with Crippen LogP contribution in [0.2, 0.25) is 0 Å². The zero-order valence-corrected chi connectivity index (χ0v) is 14.4. The summed E-state index contributed by atoms with van der Waals surface area (Å²) in [6.07, 6.45) is 5.29. The highest BCUT2D eigenvalue weighted by atomic mass is 16.3. The molecule has 6 heteroatoms. The lowest BCUT2D eigenvalue weighted by Crippen LogP contribution is -2.26. The number of anilines is 1. The first-order valence-electron chi connectivity index (χ1n) is 8.67. The standard InChI is InChI=1S/C19H23N5O/c1-22-13-7-3-2-6-12(10-13)17-15(11-20)18(21)24-19(23-17)14-8-4-5-9-16(14)25/h4-5,8-9,12-13,22,25H,2-3,6-7,10H2,1H3,(H2,21,23,24). The number of phenolic OH excluding ortho intramolecular Hbond substituents is 1. The van der Waals surface area contributed by atoms with Gasteiger partial charge in [0.1, 0.15) is 23.2 Å². The molecule has 0 bridgehead atoms. The molecule has 6 nitrogen and oxygen atoms in total. The van der Waals surface area contributed by atoms with Crippen LogP contribution in [0.1, 0.15) is 49.3 Å². The quantitative estimate of drug-likeness (QED) is 0.743. The van der Waals surface area contributed by atoms with E-state index in [1.807, 2.05) is 13.1 Å². The van der Waals surface area contributed by atoms with Crippen LogP contribution in [0.15, 0.2) is 24.3 Å². The van der Waals surface area contributed by atoms with Crippen LogP contribution in [0.25, 0.3) is 11.4 Å². The number of nitrogens with two attached hydrogens (primary N) is 1. The summed E-state index contributed by atoms with van der Waals surface area (Å²) in [5.74, 6) is 0.807. The van der Waals surface area contributed by atoms with Crippen molar-refractivity contribution in [2.45, 2.75) is 44.1 Å². The maximum absolute atomic E-state index is 10.1. The molecule has 0 saturated heterocycles. The lowest BCUT2D eigenvalue weighted by Gasteiger charge is -2.21. The van der Waals surface area contributed by atoms with Crippen LogP contribution >= 0.6 is 0 Å². The summed E-state index contributed by atoms with van der Waals surface area (Å²) in [4.78, 5) is 8.93. The fourth-order valence-corrected chi connectivity index (χ4v) is 3.56. The van der Waals surface area contributed by atoms with E-state index in [-0.39, 0.29) is 17.5 Å². The average molecular weight is 337 g/mol. The van der Waals surface area contributed by atoms with Gasteiger partial charge in [0, 0.05) is 12.0 Å². The Morgan fingerprint density at radius 2 is 2.00 bits per heavy atom. The molecule has 0 amide bonds. The van der Waals surface area contributed by atoms with Gasteiger partial charge in [0.05, 0.1) is 11.3 Å². The van der Waals surface area contributed by atoms with Gasteiger partial charge in [-0.3, -0.25) is 0 Å². The number of phenols is 1. The second-order valence-corrected chi connectivity index (χ2v) is 6.52. The number of rotatable bonds is 3. The van der Waals surface area contributed by atoms with Crippen molar-refractivity contribution >= 4 is 5.82 Å². The molecule has 2 atom stereocenters. The number of aromatic nitrogens is 2. The molecule has 1 aliphatic carbocycles. The molecule has 0 radical (unpaired) electrons. The van der Waals surface area contributed by atoms with Crippen molar-refractivity contribution in [1.29, 1.82) is 5.26 Å². The molecular weight excluding hydrogens is 314 g/mol. The van der Waals surface area contributed by atoms with Gasteiger partial charge in [-0.05, 0) is 38.4 Å². The Bertz CT molecular complexity index is 799. The summed E-state index contributed by atoms with van der Waals surface area (Å²) in [6, 6.07) is 9.49. The highest BCUT2D eigenvalue weighted by Crippen LogP contribution is 2.36. The SMILES string of the molecule is CNC1CCCCC(c2nc(-c3ccccc3O)nc(N)c2C#N)C1. The van der Waals surface area contributed by atoms with E-state index in [2.05, 4.69) is 21.4 Å². The molecule has 130 valence electrons. The third-order valence-electron chi connectivity index (χ3n) is 4.94. The van der Waals surface area contributed by atoms with Crippen LogP contribution in [-0.4, -0.2) is 28.2 Å². The van der Waals surface area contributed by atoms with Crippen molar-refractivity contribution in [2.75, 3.05) is 12.8 Å². The van der Waals surface area contributed by atoms with Crippen LogP contribution in [-0.2, 0) is 0 Å². The van der Waals surface area contributed by atoms with Gasteiger partial charge >= 0.3 is 0 Å². The van der Waals surface area contributed by atoms with Crippen LogP contribution in [0, 0.1) is 11.3 Å². The Labute approximate surface area is 147 Å². The highest BCUT2D eigenvalue weighted by molar-refractivity contribution is 5.66. The third kappa shape index (κ3) is 3.57. The van der Waals surface area contributed by atoms with Crippen molar-refractivity contribution in [3.63, 3.8) is 0 Å². The van der Waals surface area contributed by atoms with Crippen LogP contribution in [0.3, 0.4) is 0 Å². The highest BCUT2D eigenvalue weighted by Gasteiger charge is 2.26. The van der Waals surface area contributed by atoms with Crippen LogP contribution in [0.4, 0.5) is 5.82 Å². The number of hydrogen-bond donors (Lipinski definition) is 3. The van der Waals surface area contributed by atoms with E-state index in [1.165, 1.54) is 0 Å². The molecule has 1 fully saturated rings. The van der Waals surface area contributed by atoms with E-state index >= 15 is 0 Å². The first-order valence-corrected chi connectivity index (χ1v) is 8.67. The number of benzene rings is 1. The average Bonchev–Trinajstić information content (AvgIpc) is 2.87. The summed E-state index contributed by atoms with van der Waals surface area (Å²) >= 11 is 0. The molecule has 2 unspecified atom stereocenters. The van der Waals surface area contributed by atoms with Gasteiger partial charge in [-0.15, -0.1) is 0 Å². The number of hydrogen-bond acceptors (Lipinski definition) is 6. The second-order valence-electron chi connectivity index (χ2n) is 6.52. The zero-order valence-electron chi connectivity index (χ0n) is 14.4. The van der Waals surface area contributed by atoms with E-state index in [0.717, 1.165) is 32.1 Å². The van der Waals surface area contributed by atoms with Crippen molar-refractivity contribution in [3.8, 4) is 23.2 Å². The van der Waals surface area contributed by atoms with E-state index < -0.39 is 0 Å². The lowest BCUT2D eigenvalue weighted by molar-refractivity contribution is 0.465. The number of nitriles is 1. The summed E-state index contributed by atoms with van der Waals surface area (Å²) in [6.45, 7) is 0. The van der Waals surface area contributed by atoms with E-state index in [4.69, 9.17) is 5.73 Å². The van der Waals surface area contributed by atoms with Gasteiger partial charge in [-0.25, -0.2) is 9.97 Å². The molecule has 2 aromatic rings. The number of nitrogens with zero attached hydrogens (tertiary/aromatic N) is 3. The molecule has 1 aromatic carbocycles. The number of aromatic hydroxyl groups is 1. The Kier molecular flexibility index (Phi) is 5.15. The number of nitrogens with one attached hydrogen (secondary N) is 1. The first kappa shape index (κ1) is 17.2. The van der Waals surface area contributed by atoms with Crippen LogP contribution in [0.5, 0.6) is 5.75 Å². The summed E-state index contributed by atoms with van der Waals surface area (Å²) in [5.41, 5.74) is 7.65. The minimum absolute atomic E-state index is 0.103. The van der Waals surface area contributed by atoms with Crippen molar-refractivity contribution in [3.05, 3.63) is 35.5 Å². The van der Waals surface area contributed by atoms with Gasteiger partial charge in [0.15, 0.2) is 5.82 Å². The molecule has 0 aliphatic heterocycles. The van der Waals surface area contributed by atoms with Crippen LogP contribution < -0.4 is 11.1 Å². The fraction of sp³-hybridized carbons (Fsp3) is 0.421. The molecule has 3 rings (SSSR count). The topological polar surface area (TPSA) is 108 Å². The first-order chi connectivity index (χ1) is 12.1. The van der Waals surface area contributed by atoms with E-state index in [0.29, 0.717) is 28.7 Å². The molecule has 0 spiro atoms. The second kappa shape index (κ2) is 7.49. The minimum Gasteiger partial charge on any atom is -0.507 e. The Balaban J connectivity index is 2.08. The third-order valence-corrected chi connectivity index (χ3v) is 4.94. The van der Waals surface area contributed by atoms with Crippen molar-refractivity contribution in [2.24, 2.45) is 0 Å². The molecular formula is C19H23N5O. The minimum atomic E-state index is 0.103. The Morgan fingerprint density at radius 3 is 2.72 bits per heavy atom. The van der Waals surface area contributed by atoms with E-state index in [1.54, 1.807) is 18.2 Å². The Hall–Kier alpha value is -2.65. The van der Waals surface area contributed by atoms with Gasteiger partial charge in [0.25, 0.3) is 0 Å². The molecule has 1 aliphatic rings. The maximum Gasteiger partial charge on any atom is 0.165 e.